The van der Waals surface area contributed by atoms with Crippen molar-refractivity contribution in [1.82, 2.24) is 0 Å². The zero-order valence-corrected chi connectivity index (χ0v) is 13.0. The van der Waals surface area contributed by atoms with Crippen LogP contribution < -0.4 is 4.74 Å². The standard InChI is InChI=1S/C17H13ClO5/c1-22-16-7-6-13(8-14(16)18)15(20)10-23-17(21)12-4-2-11(9-19)3-5-12/h2-9H,10H2,1H3. The van der Waals surface area contributed by atoms with Crippen molar-refractivity contribution in [3.8, 4) is 5.75 Å². The molecule has 0 N–H and O–H groups in total. The molecule has 0 fully saturated rings. The number of benzene rings is 2. The lowest BCUT2D eigenvalue weighted by molar-refractivity contribution is 0.0474. The summed E-state index contributed by atoms with van der Waals surface area (Å²) in [6.45, 7) is -0.406. The third kappa shape index (κ3) is 4.17. The van der Waals surface area contributed by atoms with Gasteiger partial charge in [0.1, 0.15) is 12.0 Å². The molecule has 0 heterocycles. The molecular weight excluding hydrogens is 320 g/mol. The SMILES string of the molecule is COc1ccc(C(=O)COC(=O)c2ccc(C=O)cc2)cc1Cl. The van der Waals surface area contributed by atoms with Crippen LogP contribution >= 0.6 is 11.6 Å². The largest absolute Gasteiger partial charge is 0.495 e. The fourth-order valence-corrected chi connectivity index (χ4v) is 2.09. The maximum Gasteiger partial charge on any atom is 0.338 e. The van der Waals surface area contributed by atoms with Crippen molar-refractivity contribution in [1.29, 1.82) is 0 Å². The van der Waals surface area contributed by atoms with Crippen LogP contribution in [0.1, 0.15) is 31.1 Å². The van der Waals surface area contributed by atoms with Gasteiger partial charge in [0, 0.05) is 11.1 Å². The molecule has 0 unspecified atom stereocenters. The Bertz CT molecular complexity index is 737. The molecule has 0 aliphatic carbocycles. The van der Waals surface area contributed by atoms with Gasteiger partial charge in [-0.15, -0.1) is 0 Å². The molecule has 0 aliphatic heterocycles. The molecule has 2 rings (SSSR count). The first-order valence-corrected chi connectivity index (χ1v) is 7.02. The van der Waals surface area contributed by atoms with E-state index in [-0.39, 0.29) is 11.3 Å². The second kappa shape index (κ2) is 7.56. The van der Waals surface area contributed by atoms with Crippen molar-refractivity contribution >= 4 is 29.6 Å². The zero-order valence-electron chi connectivity index (χ0n) is 12.2. The summed E-state index contributed by atoms with van der Waals surface area (Å²) < 4.78 is 9.96. The molecule has 2 aromatic rings. The fraction of sp³-hybridized carbons (Fsp3) is 0.118. The molecule has 0 atom stereocenters. The molecule has 6 heteroatoms. The molecule has 0 saturated heterocycles. The number of rotatable bonds is 6. The van der Waals surface area contributed by atoms with E-state index < -0.39 is 12.6 Å². The average Bonchev–Trinajstić information content (AvgIpc) is 2.59. The highest BCUT2D eigenvalue weighted by molar-refractivity contribution is 6.32. The van der Waals surface area contributed by atoms with E-state index in [1.54, 1.807) is 12.1 Å². The van der Waals surface area contributed by atoms with Crippen molar-refractivity contribution in [2.45, 2.75) is 0 Å². The van der Waals surface area contributed by atoms with E-state index in [1.807, 2.05) is 0 Å². The lowest BCUT2D eigenvalue weighted by Crippen LogP contribution is -2.14. The number of hydrogen-bond donors (Lipinski definition) is 0. The highest BCUT2D eigenvalue weighted by atomic mass is 35.5. The molecule has 0 aromatic heterocycles. The van der Waals surface area contributed by atoms with Crippen LogP contribution in [-0.4, -0.2) is 31.8 Å². The first-order valence-electron chi connectivity index (χ1n) is 6.64. The average molecular weight is 333 g/mol. The fourth-order valence-electron chi connectivity index (χ4n) is 1.84. The van der Waals surface area contributed by atoms with Gasteiger partial charge in [-0.3, -0.25) is 9.59 Å². The summed E-state index contributed by atoms with van der Waals surface area (Å²) in [7, 11) is 1.47. The van der Waals surface area contributed by atoms with Crippen LogP contribution in [0.15, 0.2) is 42.5 Å². The molecule has 0 bridgehead atoms. The van der Waals surface area contributed by atoms with Gasteiger partial charge in [0.2, 0.25) is 0 Å². The number of carbonyl (C=O) groups excluding carboxylic acids is 3. The van der Waals surface area contributed by atoms with Crippen molar-refractivity contribution in [3.63, 3.8) is 0 Å². The maximum absolute atomic E-state index is 12.0. The first-order chi connectivity index (χ1) is 11.0. The van der Waals surface area contributed by atoms with Crippen LogP contribution in [0.3, 0.4) is 0 Å². The first kappa shape index (κ1) is 16.7. The predicted octanol–water partition coefficient (Wildman–Crippen LogP) is 3.20. The molecule has 5 nitrogen and oxygen atoms in total. The smallest absolute Gasteiger partial charge is 0.338 e. The Morgan fingerprint density at radius 1 is 1.09 bits per heavy atom. The summed E-state index contributed by atoms with van der Waals surface area (Å²) in [5, 5.41) is 0.300. The van der Waals surface area contributed by atoms with Crippen molar-refractivity contribution < 1.29 is 23.9 Å². The summed E-state index contributed by atoms with van der Waals surface area (Å²) in [6.07, 6.45) is 0.673. The molecule has 0 amide bonds. The number of carbonyl (C=O) groups is 3. The highest BCUT2D eigenvalue weighted by Crippen LogP contribution is 2.25. The number of ether oxygens (including phenoxy) is 2. The quantitative estimate of drug-likeness (QED) is 0.461. The number of ketones is 1. The van der Waals surface area contributed by atoms with E-state index in [2.05, 4.69) is 0 Å². The van der Waals surface area contributed by atoms with Gasteiger partial charge in [0.25, 0.3) is 0 Å². The Hall–Kier alpha value is -2.66. The third-order valence-electron chi connectivity index (χ3n) is 3.09. The number of halogens is 1. The predicted molar refractivity (Wildman–Crippen MR) is 84.4 cm³/mol. The molecule has 2 aromatic carbocycles. The number of aldehydes is 1. The Balaban J connectivity index is 1.99. The minimum atomic E-state index is -0.643. The third-order valence-corrected chi connectivity index (χ3v) is 3.39. The summed E-state index contributed by atoms with van der Waals surface area (Å²) >= 11 is 5.95. The van der Waals surface area contributed by atoms with Crippen LogP contribution in [0.4, 0.5) is 0 Å². The molecular formula is C17H13ClO5. The number of hydrogen-bond acceptors (Lipinski definition) is 5. The molecule has 0 spiro atoms. The maximum atomic E-state index is 12.0. The van der Waals surface area contributed by atoms with Gasteiger partial charge < -0.3 is 9.47 Å². The Morgan fingerprint density at radius 3 is 2.30 bits per heavy atom. The molecule has 118 valence electrons. The van der Waals surface area contributed by atoms with E-state index in [9.17, 15) is 14.4 Å². The minimum Gasteiger partial charge on any atom is -0.495 e. The van der Waals surface area contributed by atoms with E-state index in [1.165, 1.54) is 37.4 Å². The molecule has 23 heavy (non-hydrogen) atoms. The van der Waals surface area contributed by atoms with Gasteiger partial charge in [-0.1, -0.05) is 23.7 Å². The van der Waals surface area contributed by atoms with Gasteiger partial charge in [-0.25, -0.2) is 4.79 Å². The Labute approximate surface area is 137 Å². The van der Waals surface area contributed by atoms with Crippen LogP contribution in [-0.2, 0) is 4.74 Å². The van der Waals surface area contributed by atoms with Gasteiger partial charge in [-0.05, 0) is 30.3 Å². The van der Waals surface area contributed by atoms with Crippen molar-refractivity contribution in [2.24, 2.45) is 0 Å². The Morgan fingerprint density at radius 2 is 1.74 bits per heavy atom. The van der Waals surface area contributed by atoms with Gasteiger partial charge in [-0.2, -0.15) is 0 Å². The molecule has 0 radical (unpaired) electrons. The number of methoxy groups -OCH3 is 1. The minimum absolute atomic E-state index is 0.260. The van der Waals surface area contributed by atoms with E-state index in [4.69, 9.17) is 21.1 Å². The van der Waals surface area contributed by atoms with Gasteiger partial charge >= 0.3 is 5.97 Å². The van der Waals surface area contributed by atoms with Crippen LogP contribution in [0.2, 0.25) is 5.02 Å². The lowest BCUT2D eigenvalue weighted by Gasteiger charge is -2.07. The molecule has 0 aliphatic rings. The zero-order chi connectivity index (χ0) is 16.8. The number of Topliss-reactive ketones (excluding diaryl/α,β-unsaturated/α-hetero) is 1. The second-order valence-electron chi connectivity index (χ2n) is 4.59. The van der Waals surface area contributed by atoms with Crippen LogP contribution in [0.5, 0.6) is 5.75 Å². The highest BCUT2D eigenvalue weighted by Gasteiger charge is 2.13. The topological polar surface area (TPSA) is 69.7 Å². The monoisotopic (exact) mass is 332 g/mol. The van der Waals surface area contributed by atoms with E-state index in [0.29, 0.717) is 28.2 Å². The van der Waals surface area contributed by atoms with Crippen LogP contribution in [0, 0.1) is 0 Å². The summed E-state index contributed by atoms with van der Waals surface area (Å²) in [5.74, 6) is -0.571. The normalized spacial score (nSPS) is 10.0. The van der Waals surface area contributed by atoms with Gasteiger partial charge in [0.15, 0.2) is 12.4 Å². The van der Waals surface area contributed by atoms with Crippen LogP contribution in [0.25, 0.3) is 0 Å². The van der Waals surface area contributed by atoms with Crippen molar-refractivity contribution in [2.75, 3.05) is 13.7 Å². The van der Waals surface area contributed by atoms with Gasteiger partial charge in [0.05, 0.1) is 17.7 Å². The van der Waals surface area contributed by atoms with Crippen molar-refractivity contribution in [3.05, 3.63) is 64.2 Å². The molecule has 0 saturated carbocycles. The summed E-state index contributed by atoms with van der Waals surface area (Å²) in [4.78, 5) is 34.4. The summed E-state index contributed by atoms with van der Waals surface area (Å²) in [6, 6.07) is 10.5. The number of esters is 1. The second-order valence-corrected chi connectivity index (χ2v) is 5.00. The van der Waals surface area contributed by atoms with E-state index in [0.717, 1.165) is 0 Å². The lowest BCUT2D eigenvalue weighted by atomic mass is 10.1. The Kier molecular flexibility index (Phi) is 5.49. The van der Waals surface area contributed by atoms with E-state index >= 15 is 0 Å². The summed E-state index contributed by atoms with van der Waals surface area (Å²) in [5.41, 5.74) is 1.03.